The van der Waals surface area contributed by atoms with Crippen LogP contribution >= 0.6 is 15.9 Å². The molecular weight excluding hydrogens is 349 g/mol. The van der Waals surface area contributed by atoms with Gasteiger partial charge in [-0.05, 0) is 30.3 Å². The summed E-state index contributed by atoms with van der Waals surface area (Å²) in [6, 6.07) is 10.2. The molecule has 20 heavy (non-hydrogen) atoms. The molecule has 0 saturated heterocycles. The van der Waals surface area contributed by atoms with Gasteiger partial charge < -0.3 is 4.74 Å². The van der Waals surface area contributed by atoms with Crippen LogP contribution in [0.4, 0.5) is 10.1 Å². The van der Waals surface area contributed by atoms with Crippen LogP contribution in [-0.2, 0) is 10.0 Å². The first-order valence-electron chi connectivity index (χ1n) is 5.55. The second-order valence-corrected chi connectivity index (χ2v) is 6.45. The van der Waals surface area contributed by atoms with Crippen molar-refractivity contribution in [3.8, 4) is 5.75 Å². The topological polar surface area (TPSA) is 55.4 Å². The Morgan fingerprint density at radius 2 is 1.90 bits per heavy atom. The molecule has 0 heterocycles. The van der Waals surface area contributed by atoms with E-state index in [1.807, 2.05) is 0 Å². The van der Waals surface area contributed by atoms with Gasteiger partial charge >= 0.3 is 0 Å². The highest BCUT2D eigenvalue weighted by molar-refractivity contribution is 9.10. The second-order valence-electron chi connectivity index (χ2n) is 3.88. The van der Waals surface area contributed by atoms with Crippen molar-refractivity contribution in [1.29, 1.82) is 0 Å². The maximum Gasteiger partial charge on any atom is 0.264 e. The minimum Gasteiger partial charge on any atom is -0.495 e. The van der Waals surface area contributed by atoms with E-state index >= 15 is 0 Å². The van der Waals surface area contributed by atoms with E-state index in [-0.39, 0.29) is 5.69 Å². The van der Waals surface area contributed by atoms with E-state index in [9.17, 15) is 12.8 Å². The van der Waals surface area contributed by atoms with Crippen LogP contribution in [0.15, 0.2) is 51.8 Å². The van der Waals surface area contributed by atoms with Crippen molar-refractivity contribution >= 4 is 31.6 Å². The summed E-state index contributed by atoms with van der Waals surface area (Å²) in [5, 5.41) is 0. The van der Waals surface area contributed by atoms with Crippen LogP contribution in [-0.4, -0.2) is 15.5 Å². The first kappa shape index (κ1) is 14.8. The molecule has 0 aromatic heterocycles. The normalized spacial score (nSPS) is 11.2. The molecule has 0 atom stereocenters. The monoisotopic (exact) mass is 359 g/mol. The number of hydrogen-bond acceptors (Lipinski definition) is 3. The molecule has 0 fully saturated rings. The largest absolute Gasteiger partial charge is 0.495 e. The van der Waals surface area contributed by atoms with Gasteiger partial charge in [0, 0.05) is 4.47 Å². The summed E-state index contributed by atoms with van der Waals surface area (Å²) >= 11 is 3.08. The van der Waals surface area contributed by atoms with Crippen molar-refractivity contribution in [3.63, 3.8) is 0 Å². The maximum atomic E-state index is 13.8. The number of para-hydroxylation sites is 2. The number of rotatable bonds is 4. The van der Waals surface area contributed by atoms with Crippen LogP contribution < -0.4 is 9.46 Å². The third-order valence-electron chi connectivity index (χ3n) is 2.53. The molecule has 0 radical (unpaired) electrons. The van der Waals surface area contributed by atoms with Crippen LogP contribution in [0.1, 0.15) is 0 Å². The van der Waals surface area contributed by atoms with Crippen LogP contribution in [0, 0.1) is 5.82 Å². The number of benzene rings is 2. The van der Waals surface area contributed by atoms with E-state index in [1.165, 1.54) is 25.3 Å². The highest BCUT2D eigenvalue weighted by Crippen LogP contribution is 2.27. The Morgan fingerprint density at radius 3 is 2.55 bits per heavy atom. The number of anilines is 1. The standard InChI is InChI=1S/C13H11BrFNO3S/c1-19-12-5-3-2-4-11(12)16-20(17,18)13-7-6-9(14)8-10(13)15/h2-8,16H,1H3. The first-order valence-corrected chi connectivity index (χ1v) is 7.82. The van der Waals surface area contributed by atoms with Gasteiger partial charge in [0.2, 0.25) is 0 Å². The van der Waals surface area contributed by atoms with Crippen LogP contribution in [0.25, 0.3) is 0 Å². The van der Waals surface area contributed by atoms with Crippen molar-refractivity contribution in [2.45, 2.75) is 4.90 Å². The maximum absolute atomic E-state index is 13.8. The van der Waals surface area contributed by atoms with Crippen LogP contribution in [0.2, 0.25) is 0 Å². The van der Waals surface area contributed by atoms with Gasteiger partial charge in [0.05, 0.1) is 12.8 Å². The van der Waals surface area contributed by atoms with E-state index in [0.29, 0.717) is 10.2 Å². The van der Waals surface area contributed by atoms with E-state index in [1.54, 1.807) is 18.2 Å². The van der Waals surface area contributed by atoms with Crippen molar-refractivity contribution in [1.82, 2.24) is 0 Å². The van der Waals surface area contributed by atoms with Gasteiger partial charge in [0.15, 0.2) is 0 Å². The summed E-state index contributed by atoms with van der Waals surface area (Å²) in [6.07, 6.45) is 0. The average molecular weight is 360 g/mol. The van der Waals surface area contributed by atoms with Crippen molar-refractivity contribution in [2.75, 3.05) is 11.8 Å². The van der Waals surface area contributed by atoms with Gasteiger partial charge in [-0.2, -0.15) is 0 Å². The first-order chi connectivity index (χ1) is 9.44. The van der Waals surface area contributed by atoms with E-state index in [4.69, 9.17) is 4.74 Å². The van der Waals surface area contributed by atoms with Gasteiger partial charge in [-0.25, -0.2) is 12.8 Å². The zero-order valence-corrected chi connectivity index (χ0v) is 12.8. The molecule has 7 heteroatoms. The van der Waals surface area contributed by atoms with Gasteiger partial charge in [0.1, 0.15) is 16.5 Å². The molecule has 4 nitrogen and oxygen atoms in total. The Balaban J connectivity index is 2.41. The van der Waals surface area contributed by atoms with E-state index < -0.39 is 20.7 Å². The quantitative estimate of drug-likeness (QED) is 0.909. The minimum absolute atomic E-state index is 0.248. The van der Waals surface area contributed by atoms with Crippen molar-refractivity contribution in [3.05, 3.63) is 52.8 Å². The Kier molecular flexibility index (Phi) is 4.29. The summed E-state index contributed by atoms with van der Waals surface area (Å²) in [6.45, 7) is 0. The van der Waals surface area contributed by atoms with Gasteiger partial charge in [-0.3, -0.25) is 4.72 Å². The van der Waals surface area contributed by atoms with Crippen LogP contribution in [0.3, 0.4) is 0 Å². The Hall–Kier alpha value is -1.60. The molecule has 106 valence electrons. The number of ether oxygens (including phenoxy) is 1. The number of nitrogens with one attached hydrogen (secondary N) is 1. The number of hydrogen-bond donors (Lipinski definition) is 1. The third kappa shape index (κ3) is 3.10. The average Bonchev–Trinajstić information content (AvgIpc) is 2.38. The molecular formula is C13H11BrFNO3S. The summed E-state index contributed by atoms with van der Waals surface area (Å²) in [5.41, 5.74) is 0.248. The fraction of sp³-hybridized carbons (Fsp3) is 0.0769. The molecule has 0 saturated carbocycles. The highest BCUT2D eigenvalue weighted by Gasteiger charge is 2.20. The molecule has 0 unspecified atom stereocenters. The molecule has 1 N–H and O–H groups in total. The fourth-order valence-corrected chi connectivity index (χ4v) is 3.09. The lowest BCUT2D eigenvalue weighted by Gasteiger charge is -2.12. The lowest BCUT2D eigenvalue weighted by molar-refractivity contribution is 0.417. The van der Waals surface area contributed by atoms with Gasteiger partial charge in [-0.15, -0.1) is 0 Å². The Morgan fingerprint density at radius 1 is 1.20 bits per heavy atom. The predicted molar refractivity (Wildman–Crippen MR) is 77.9 cm³/mol. The summed E-state index contributed by atoms with van der Waals surface area (Å²) in [7, 11) is -2.60. The predicted octanol–water partition coefficient (Wildman–Crippen LogP) is 3.40. The zero-order chi connectivity index (χ0) is 14.8. The smallest absolute Gasteiger partial charge is 0.264 e. The second kappa shape index (κ2) is 5.80. The molecule has 0 aliphatic rings. The molecule has 0 aliphatic carbocycles. The summed E-state index contributed by atoms with van der Waals surface area (Å²) < 4.78 is 45.9. The highest BCUT2D eigenvalue weighted by atomic mass is 79.9. The Labute approximate surface area is 124 Å². The minimum atomic E-state index is -4.02. The lowest BCUT2D eigenvalue weighted by atomic mass is 10.3. The molecule has 0 amide bonds. The summed E-state index contributed by atoms with van der Waals surface area (Å²) in [5.74, 6) is -0.477. The zero-order valence-electron chi connectivity index (χ0n) is 10.4. The number of methoxy groups -OCH3 is 1. The van der Waals surface area contributed by atoms with E-state index in [0.717, 1.165) is 6.07 Å². The SMILES string of the molecule is COc1ccccc1NS(=O)(=O)c1ccc(Br)cc1F. The molecule has 2 aromatic carbocycles. The van der Waals surface area contributed by atoms with E-state index in [2.05, 4.69) is 20.7 Å². The van der Waals surface area contributed by atoms with Crippen molar-refractivity contribution in [2.24, 2.45) is 0 Å². The molecule has 2 rings (SSSR count). The van der Waals surface area contributed by atoms with Gasteiger partial charge in [0.25, 0.3) is 10.0 Å². The molecule has 2 aromatic rings. The molecule has 0 spiro atoms. The van der Waals surface area contributed by atoms with Gasteiger partial charge in [-0.1, -0.05) is 28.1 Å². The third-order valence-corrected chi connectivity index (χ3v) is 4.43. The fourth-order valence-electron chi connectivity index (χ4n) is 1.62. The summed E-state index contributed by atoms with van der Waals surface area (Å²) in [4.78, 5) is -0.424. The number of halogens is 2. The lowest BCUT2D eigenvalue weighted by Crippen LogP contribution is -2.15. The molecule has 0 bridgehead atoms. The Bertz CT molecular complexity index is 734. The van der Waals surface area contributed by atoms with Crippen molar-refractivity contribution < 1.29 is 17.5 Å². The number of sulfonamides is 1. The molecule has 0 aliphatic heterocycles. The van der Waals surface area contributed by atoms with Crippen LogP contribution in [0.5, 0.6) is 5.75 Å².